The minimum atomic E-state index is -1.08. The second-order valence-electron chi connectivity index (χ2n) is 5.18. The van der Waals surface area contributed by atoms with Crippen LogP contribution < -0.4 is 0 Å². The Morgan fingerprint density at radius 2 is 2.05 bits per heavy atom. The van der Waals surface area contributed by atoms with Gasteiger partial charge in [0.25, 0.3) is 0 Å². The number of H-pyrrole nitrogens is 1. The molecular weight excluding hydrogens is 266 g/mol. The van der Waals surface area contributed by atoms with Gasteiger partial charge in [0.2, 0.25) is 0 Å². The number of carbonyl (C=O) groups is 2. The van der Waals surface area contributed by atoms with Crippen molar-refractivity contribution < 1.29 is 14.7 Å². The summed E-state index contributed by atoms with van der Waals surface area (Å²) in [5, 5.41) is 10.4. The second-order valence-corrected chi connectivity index (χ2v) is 5.62. The third kappa shape index (κ3) is 2.63. The third-order valence-corrected chi connectivity index (χ3v) is 3.36. The average Bonchev–Trinajstić information content (AvgIpc) is 2.70. The summed E-state index contributed by atoms with van der Waals surface area (Å²) in [5.41, 5.74) is 0.192. The summed E-state index contributed by atoms with van der Waals surface area (Å²) in [7, 11) is 0. The number of aromatic nitrogens is 1. The van der Waals surface area contributed by atoms with Crippen LogP contribution in [0.3, 0.4) is 0 Å². The van der Waals surface area contributed by atoms with Crippen LogP contribution in [-0.4, -0.2) is 21.8 Å². The Morgan fingerprint density at radius 3 is 2.68 bits per heavy atom. The van der Waals surface area contributed by atoms with E-state index in [0.717, 1.165) is 10.9 Å². The molecule has 0 unspecified atom stereocenters. The Hall–Kier alpha value is -1.81. The van der Waals surface area contributed by atoms with Crippen molar-refractivity contribution in [2.24, 2.45) is 5.41 Å². The maximum Gasteiger partial charge on any atom is 0.309 e. The van der Waals surface area contributed by atoms with Gasteiger partial charge in [-0.05, 0) is 26.0 Å². The van der Waals surface area contributed by atoms with Crippen LogP contribution in [0.5, 0.6) is 0 Å². The number of aromatic amines is 1. The third-order valence-electron chi connectivity index (χ3n) is 3.13. The number of carbonyl (C=O) groups excluding carboxylic acids is 1. The molecule has 19 heavy (non-hydrogen) atoms. The van der Waals surface area contributed by atoms with Crippen molar-refractivity contribution in [1.82, 2.24) is 4.98 Å². The minimum absolute atomic E-state index is 0.0437. The van der Waals surface area contributed by atoms with E-state index in [9.17, 15) is 9.59 Å². The molecule has 0 bridgehead atoms. The van der Waals surface area contributed by atoms with Crippen molar-refractivity contribution in [2.75, 3.05) is 0 Å². The van der Waals surface area contributed by atoms with Crippen molar-refractivity contribution in [3.05, 3.63) is 35.0 Å². The van der Waals surface area contributed by atoms with Gasteiger partial charge in [-0.15, -0.1) is 0 Å². The Morgan fingerprint density at radius 1 is 1.37 bits per heavy atom. The molecule has 2 rings (SSSR count). The van der Waals surface area contributed by atoms with Gasteiger partial charge in [0, 0.05) is 34.1 Å². The van der Waals surface area contributed by atoms with E-state index in [2.05, 4.69) is 4.98 Å². The predicted octanol–water partition coefficient (Wildman–Crippen LogP) is 3.50. The number of ketones is 1. The summed E-state index contributed by atoms with van der Waals surface area (Å²) in [4.78, 5) is 26.2. The van der Waals surface area contributed by atoms with Gasteiger partial charge in [-0.2, -0.15) is 0 Å². The Bertz CT molecular complexity index is 658. The number of Topliss-reactive ketones (excluding diaryl/α,β-unsaturated/α-hetero) is 1. The molecule has 2 N–H and O–H groups in total. The van der Waals surface area contributed by atoms with Crippen LogP contribution >= 0.6 is 11.6 Å². The minimum Gasteiger partial charge on any atom is -0.481 e. The van der Waals surface area contributed by atoms with Gasteiger partial charge in [0.05, 0.1) is 5.41 Å². The topological polar surface area (TPSA) is 70.2 Å². The summed E-state index contributed by atoms with van der Waals surface area (Å²) in [6, 6.07) is 5.20. The number of carboxylic acids is 1. The summed E-state index contributed by atoms with van der Waals surface area (Å²) >= 11 is 5.87. The summed E-state index contributed by atoms with van der Waals surface area (Å²) in [5.74, 6) is -1.18. The maximum absolute atomic E-state index is 12.2. The highest BCUT2D eigenvalue weighted by Gasteiger charge is 2.31. The number of hydrogen-bond donors (Lipinski definition) is 2. The van der Waals surface area contributed by atoms with Crippen LogP contribution in [0.1, 0.15) is 30.6 Å². The van der Waals surface area contributed by atoms with Gasteiger partial charge in [0.1, 0.15) is 0 Å². The smallest absolute Gasteiger partial charge is 0.309 e. The fourth-order valence-electron chi connectivity index (χ4n) is 1.90. The van der Waals surface area contributed by atoms with Gasteiger partial charge in [-0.3, -0.25) is 9.59 Å². The molecule has 1 heterocycles. The van der Waals surface area contributed by atoms with Crippen LogP contribution in [0.4, 0.5) is 0 Å². The van der Waals surface area contributed by atoms with E-state index >= 15 is 0 Å². The maximum atomic E-state index is 12.2. The van der Waals surface area contributed by atoms with Crippen LogP contribution in [0.25, 0.3) is 10.9 Å². The molecule has 0 atom stereocenters. The number of benzene rings is 1. The predicted molar refractivity (Wildman–Crippen MR) is 73.7 cm³/mol. The highest BCUT2D eigenvalue weighted by Crippen LogP contribution is 2.27. The lowest BCUT2D eigenvalue weighted by Crippen LogP contribution is -2.26. The standard InChI is InChI=1S/C14H14ClNO3/c1-14(2,13(18)19)6-12(17)10-7-16-11-5-8(15)3-4-9(10)11/h3-5,7,16H,6H2,1-2H3,(H,18,19). The molecule has 0 aliphatic heterocycles. The first-order valence-corrected chi connectivity index (χ1v) is 6.22. The molecule has 1 aromatic heterocycles. The molecule has 0 radical (unpaired) electrons. The lowest BCUT2D eigenvalue weighted by molar-refractivity contribution is -0.146. The number of nitrogens with one attached hydrogen (secondary N) is 1. The highest BCUT2D eigenvalue weighted by molar-refractivity contribution is 6.31. The molecule has 0 spiro atoms. The van der Waals surface area contributed by atoms with E-state index in [-0.39, 0.29) is 12.2 Å². The second kappa shape index (κ2) is 4.70. The lowest BCUT2D eigenvalue weighted by Gasteiger charge is -2.17. The number of hydrogen-bond acceptors (Lipinski definition) is 2. The Balaban J connectivity index is 2.35. The van der Waals surface area contributed by atoms with E-state index in [0.29, 0.717) is 10.6 Å². The molecule has 100 valence electrons. The largest absolute Gasteiger partial charge is 0.481 e. The number of rotatable bonds is 4. The zero-order valence-corrected chi connectivity index (χ0v) is 11.4. The molecule has 2 aromatic rings. The van der Waals surface area contributed by atoms with Crippen molar-refractivity contribution in [3.8, 4) is 0 Å². The van der Waals surface area contributed by atoms with Crippen molar-refractivity contribution in [1.29, 1.82) is 0 Å². The Kier molecular flexibility index (Phi) is 3.37. The molecule has 0 fully saturated rings. The fraction of sp³-hybridized carbons (Fsp3) is 0.286. The van der Waals surface area contributed by atoms with Crippen molar-refractivity contribution in [3.63, 3.8) is 0 Å². The van der Waals surface area contributed by atoms with Crippen molar-refractivity contribution in [2.45, 2.75) is 20.3 Å². The van der Waals surface area contributed by atoms with Gasteiger partial charge < -0.3 is 10.1 Å². The van der Waals surface area contributed by atoms with Crippen LogP contribution in [-0.2, 0) is 4.79 Å². The number of fused-ring (bicyclic) bond motifs is 1. The van der Waals surface area contributed by atoms with E-state index < -0.39 is 11.4 Å². The average molecular weight is 280 g/mol. The summed E-state index contributed by atoms with van der Waals surface area (Å²) in [6.07, 6.45) is 1.55. The zero-order chi connectivity index (χ0) is 14.2. The van der Waals surface area contributed by atoms with E-state index in [1.54, 1.807) is 38.2 Å². The van der Waals surface area contributed by atoms with Crippen molar-refractivity contribution >= 4 is 34.3 Å². The van der Waals surface area contributed by atoms with Crippen LogP contribution in [0, 0.1) is 5.41 Å². The van der Waals surface area contributed by atoms with Gasteiger partial charge >= 0.3 is 5.97 Å². The van der Waals surface area contributed by atoms with E-state index in [1.807, 2.05) is 0 Å². The number of aliphatic carboxylic acids is 1. The number of halogens is 1. The molecule has 1 aromatic carbocycles. The van der Waals surface area contributed by atoms with Crippen LogP contribution in [0.15, 0.2) is 24.4 Å². The number of carboxylic acid groups (broad SMARTS) is 1. The van der Waals surface area contributed by atoms with Gasteiger partial charge in [-0.1, -0.05) is 17.7 Å². The molecule has 0 aliphatic rings. The zero-order valence-electron chi connectivity index (χ0n) is 10.7. The quantitative estimate of drug-likeness (QED) is 0.842. The van der Waals surface area contributed by atoms with E-state index in [4.69, 9.17) is 16.7 Å². The first-order chi connectivity index (χ1) is 8.81. The van der Waals surface area contributed by atoms with E-state index in [1.165, 1.54) is 0 Å². The molecule has 0 saturated carbocycles. The normalized spacial score (nSPS) is 11.7. The first kappa shape index (κ1) is 13.6. The van der Waals surface area contributed by atoms with Crippen LogP contribution in [0.2, 0.25) is 5.02 Å². The molecule has 5 heteroatoms. The highest BCUT2D eigenvalue weighted by atomic mass is 35.5. The molecular formula is C14H14ClNO3. The summed E-state index contributed by atoms with van der Waals surface area (Å²) < 4.78 is 0. The van der Waals surface area contributed by atoms with Gasteiger partial charge in [-0.25, -0.2) is 0 Å². The Labute approximate surface area is 115 Å². The fourth-order valence-corrected chi connectivity index (χ4v) is 2.07. The monoisotopic (exact) mass is 279 g/mol. The molecule has 0 aliphatic carbocycles. The molecule has 4 nitrogen and oxygen atoms in total. The van der Waals surface area contributed by atoms with Gasteiger partial charge in [0.15, 0.2) is 5.78 Å². The molecule has 0 amide bonds. The summed E-state index contributed by atoms with van der Waals surface area (Å²) in [6.45, 7) is 3.08. The lowest BCUT2D eigenvalue weighted by atomic mass is 9.85. The molecule has 0 saturated heterocycles. The first-order valence-electron chi connectivity index (χ1n) is 5.84. The SMILES string of the molecule is CC(C)(CC(=O)c1c[nH]c2cc(Cl)ccc12)C(=O)O.